The summed E-state index contributed by atoms with van der Waals surface area (Å²) in [5.74, 6) is 0.524. The van der Waals surface area contributed by atoms with Gasteiger partial charge in [-0.25, -0.2) is 4.68 Å². The van der Waals surface area contributed by atoms with Crippen LogP contribution in [0.5, 0.6) is 0 Å². The summed E-state index contributed by atoms with van der Waals surface area (Å²) in [5, 5.41) is 13.9. The van der Waals surface area contributed by atoms with E-state index in [-0.39, 0.29) is 11.9 Å². The van der Waals surface area contributed by atoms with E-state index in [1.165, 1.54) is 11.0 Å². The summed E-state index contributed by atoms with van der Waals surface area (Å²) >= 11 is 2.15. The summed E-state index contributed by atoms with van der Waals surface area (Å²) in [7, 11) is 0. The van der Waals surface area contributed by atoms with Crippen LogP contribution < -0.4 is 5.32 Å². The largest absolute Gasteiger partial charge is 0.467 e. The molecule has 0 fully saturated rings. The molecule has 1 unspecified atom stereocenters. The zero-order chi connectivity index (χ0) is 15.5. The molecule has 8 heteroatoms. The van der Waals surface area contributed by atoms with E-state index in [1.807, 2.05) is 19.1 Å². The normalized spacial score (nSPS) is 12.1. The number of hydrogen-bond donors (Lipinski definition) is 1. The highest BCUT2D eigenvalue weighted by Crippen LogP contribution is 2.17. The van der Waals surface area contributed by atoms with E-state index in [1.54, 1.807) is 24.5 Å². The number of tetrazole rings is 1. The van der Waals surface area contributed by atoms with Gasteiger partial charge in [-0.1, -0.05) is 0 Å². The fourth-order valence-corrected chi connectivity index (χ4v) is 2.66. The van der Waals surface area contributed by atoms with E-state index in [4.69, 9.17) is 4.42 Å². The summed E-state index contributed by atoms with van der Waals surface area (Å²) in [4.78, 5) is 12.4. The average molecular weight is 409 g/mol. The van der Waals surface area contributed by atoms with Gasteiger partial charge in [0.25, 0.3) is 5.91 Å². The Balaban J connectivity index is 1.83. The Labute approximate surface area is 139 Å². The molecule has 0 aliphatic rings. The summed E-state index contributed by atoms with van der Waals surface area (Å²) < 4.78 is 7.72. The summed E-state index contributed by atoms with van der Waals surface area (Å²) in [6.45, 7) is 1.87. The van der Waals surface area contributed by atoms with Crippen molar-refractivity contribution in [3.05, 3.63) is 57.8 Å². The van der Waals surface area contributed by atoms with Gasteiger partial charge >= 0.3 is 0 Å². The summed E-state index contributed by atoms with van der Waals surface area (Å²) in [6.07, 6.45) is 3.07. The monoisotopic (exact) mass is 409 g/mol. The van der Waals surface area contributed by atoms with Crippen LogP contribution in [0.25, 0.3) is 5.69 Å². The van der Waals surface area contributed by atoms with Crippen molar-refractivity contribution in [2.75, 3.05) is 0 Å². The van der Waals surface area contributed by atoms with Crippen LogP contribution in [0.2, 0.25) is 0 Å². The van der Waals surface area contributed by atoms with Crippen molar-refractivity contribution in [2.24, 2.45) is 0 Å². The predicted octanol–water partition coefficient (Wildman–Crippen LogP) is 2.35. The molecule has 0 aliphatic carbocycles. The Morgan fingerprint density at radius 1 is 1.41 bits per heavy atom. The van der Waals surface area contributed by atoms with Crippen molar-refractivity contribution in [3.8, 4) is 5.69 Å². The molecule has 1 atom stereocenters. The van der Waals surface area contributed by atoms with Crippen molar-refractivity contribution < 1.29 is 9.21 Å². The van der Waals surface area contributed by atoms with Crippen LogP contribution in [0.1, 0.15) is 29.1 Å². The second-order valence-corrected chi connectivity index (χ2v) is 5.91. The number of rotatable bonds is 4. The van der Waals surface area contributed by atoms with Gasteiger partial charge in [0.2, 0.25) is 0 Å². The molecule has 22 heavy (non-hydrogen) atoms. The van der Waals surface area contributed by atoms with Gasteiger partial charge in [0, 0.05) is 9.13 Å². The molecule has 1 N–H and O–H groups in total. The van der Waals surface area contributed by atoms with Crippen molar-refractivity contribution in [3.63, 3.8) is 0 Å². The molecule has 0 bridgehead atoms. The second kappa shape index (κ2) is 6.26. The number of halogens is 1. The van der Waals surface area contributed by atoms with E-state index in [0.29, 0.717) is 11.3 Å². The molecule has 3 rings (SSSR count). The topological polar surface area (TPSA) is 85.8 Å². The molecule has 2 heterocycles. The van der Waals surface area contributed by atoms with Gasteiger partial charge in [0.05, 0.1) is 18.0 Å². The quantitative estimate of drug-likeness (QED) is 0.669. The third-order valence-corrected chi connectivity index (χ3v) is 3.70. The Morgan fingerprint density at radius 2 is 2.27 bits per heavy atom. The summed E-state index contributed by atoms with van der Waals surface area (Å²) in [5.41, 5.74) is 1.27. The van der Waals surface area contributed by atoms with E-state index < -0.39 is 0 Å². The lowest BCUT2D eigenvalue weighted by Crippen LogP contribution is -2.26. The maximum Gasteiger partial charge on any atom is 0.251 e. The second-order valence-electron chi connectivity index (χ2n) is 4.66. The molecule has 0 spiro atoms. The summed E-state index contributed by atoms with van der Waals surface area (Å²) in [6, 6.07) is 8.84. The Kier molecular flexibility index (Phi) is 4.18. The van der Waals surface area contributed by atoms with Crippen molar-refractivity contribution in [2.45, 2.75) is 13.0 Å². The zero-order valence-electron chi connectivity index (χ0n) is 11.6. The number of carbonyl (C=O) groups is 1. The minimum Gasteiger partial charge on any atom is -0.467 e. The van der Waals surface area contributed by atoms with E-state index in [0.717, 1.165) is 9.26 Å². The van der Waals surface area contributed by atoms with Gasteiger partial charge in [-0.3, -0.25) is 4.79 Å². The van der Waals surface area contributed by atoms with Crippen LogP contribution in [-0.4, -0.2) is 26.1 Å². The smallest absolute Gasteiger partial charge is 0.251 e. The Bertz CT molecular complexity index is 771. The van der Waals surface area contributed by atoms with Gasteiger partial charge in [0.1, 0.15) is 12.1 Å². The number of carbonyl (C=O) groups excluding carboxylic acids is 1. The number of nitrogens with one attached hydrogen (secondary N) is 1. The van der Waals surface area contributed by atoms with Crippen LogP contribution >= 0.6 is 22.6 Å². The van der Waals surface area contributed by atoms with E-state index in [2.05, 4.69) is 43.4 Å². The molecular formula is C14H12IN5O2. The van der Waals surface area contributed by atoms with Crippen LogP contribution in [0.15, 0.2) is 47.3 Å². The molecule has 7 nitrogen and oxygen atoms in total. The zero-order valence-corrected chi connectivity index (χ0v) is 13.8. The molecule has 0 saturated heterocycles. The standard InChI is InChI=1S/C14H12IN5O2/c1-9(13-3-2-4-22-13)17-14(21)10-5-11(15)7-12(6-10)20-8-16-18-19-20/h2-9H,1H3,(H,17,21). The lowest BCUT2D eigenvalue weighted by molar-refractivity contribution is 0.0935. The first-order valence-electron chi connectivity index (χ1n) is 6.52. The Morgan fingerprint density at radius 3 is 2.95 bits per heavy atom. The molecule has 112 valence electrons. The predicted molar refractivity (Wildman–Crippen MR) is 86.5 cm³/mol. The first-order valence-corrected chi connectivity index (χ1v) is 7.59. The number of furan rings is 1. The fraction of sp³-hybridized carbons (Fsp3) is 0.143. The SMILES string of the molecule is CC(NC(=O)c1cc(I)cc(-n2cnnn2)c1)c1ccco1. The average Bonchev–Trinajstić information content (AvgIpc) is 3.20. The highest BCUT2D eigenvalue weighted by Gasteiger charge is 2.15. The molecule has 1 amide bonds. The first kappa shape index (κ1) is 14.7. The number of hydrogen-bond acceptors (Lipinski definition) is 5. The fourth-order valence-electron chi connectivity index (χ4n) is 2.01. The molecule has 1 aromatic carbocycles. The van der Waals surface area contributed by atoms with Crippen LogP contribution in [0.3, 0.4) is 0 Å². The van der Waals surface area contributed by atoms with Crippen LogP contribution in [0.4, 0.5) is 0 Å². The molecular weight excluding hydrogens is 397 g/mol. The highest BCUT2D eigenvalue weighted by molar-refractivity contribution is 14.1. The molecule has 3 aromatic rings. The minimum absolute atomic E-state index is 0.184. The van der Waals surface area contributed by atoms with E-state index >= 15 is 0 Å². The third kappa shape index (κ3) is 3.16. The maximum atomic E-state index is 12.4. The van der Waals surface area contributed by atoms with Gasteiger partial charge < -0.3 is 9.73 Å². The number of amides is 1. The highest BCUT2D eigenvalue weighted by atomic mass is 127. The van der Waals surface area contributed by atoms with Gasteiger partial charge in [-0.2, -0.15) is 0 Å². The third-order valence-electron chi connectivity index (χ3n) is 3.08. The van der Waals surface area contributed by atoms with Gasteiger partial charge in [-0.05, 0) is 70.3 Å². The van der Waals surface area contributed by atoms with Crippen molar-refractivity contribution in [1.29, 1.82) is 0 Å². The van der Waals surface area contributed by atoms with E-state index in [9.17, 15) is 4.79 Å². The van der Waals surface area contributed by atoms with Crippen LogP contribution in [0, 0.1) is 3.57 Å². The first-order chi connectivity index (χ1) is 10.6. The minimum atomic E-state index is -0.211. The maximum absolute atomic E-state index is 12.4. The molecule has 0 radical (unpaired) electrons. The number of nitrogens with zero attached hydrogens (tertiary/aromatic N) is 4. The van der Waals surface area contributed by atoms with Crippen molar-refractivity contribution in [1.82, 2.24) is 25.5 Å². The number of benzene rings is 1. The lowest BCUT2D eigenvalue weighted by atomic mass is 10.1. The molecule has 0 aliphatic heterocycles. The lowest BCUT2D eigenvalue weighted by Gasteiger charge is -2.12. The Hall–Kier alpha value is -2.23. The molecule has 0 saturated carbocycles. The number of aromatic nitrogens is 4. The molecule has 2 aromatic heterocycles. The van der Waals surface area contributed by atoms with Crippen molar-refractivity contribution >= 4 is 28.5 Å². The van der Waals surface area contributed by atoms with Gasteiger partial charge in [0.15, 0.2) is 0 Å². The van der Waals surface area contributed by atoms with Crippen LogP contribution in [-0.2, 0) is 0 Å². The van der Waals surface area contributed by atoms with Gasteiger partial charge in [-0.15, -0.1) is 5.10 Å².